The molecule has 6 nitrogen and oxygen atoms in total. The fourth-order valence-electron chi connectivity index (χ4n) is 3.15. The fourth-order valence-corrected chi connectivity index (χ4v) is 3.15. The third kappa shape index (κ3) is 5.80. The molecular weight excluding hydrogens is 385 g/mol. The Bertz CT molecular complexity index is 1000. The molecule has 2 aromatic rings. The van der Waals surface area contributed by atoms with Crippen molar-refractivity contribution in [1.82, 2.24) is 9.47 Å². The van der Waals surface area contributed by atoms with Gasteiger partial charge in [-0.15, -0.1) is 0 Å². The molecule has 0 aliphatic heterocycles. The van der Waals surface area contributed by atoms with E-state index in [-0.39, 0.29) is 17.9 Å². The third-order valence-electron chi connectivity index (χ3n) is 4.76. The molecule has 0 bridgehead atoms. The van der Waals surface area contributed by atoms with Gasteiger partial charge < -0.3 is 14.2 Å². The van der Waals surface area contributed by atoms with Crippen LogP contribution in [0.3, 0.4) is 0 Å². The van der Waals surface area contributed by atoms with Crippen LogP contribution in [0.5, 0.6) is 0 Å². The van der Waals surface area contributed by atoms with E-state index in [9.17, 15) is 19.2 Å². The van der Waals surface area contributed by atoms with Gasteiger partial charge in [-0.2, -0.15) is 5.26 Å². The van der Waals surface area contributed by atoms with Crippen LogP contribution in [-0.2, 0) is 27.4 Å². The van der Waals surface area contributed by atoms with Crippen molar-refractivity contribution in [1.29, 1.82) is 5.26 Å². The molecule has 158 valence electrons. The van der Waals surface area contributed by atoms with Gasteiger partial charge in [0.05, 0.1) is 0 Å². The van der Waals surface area contributed by atoms with Crippen LogP contribution in [0.15, 0.2) is 35.9 Å². The van der Waals surface area contributed by atoms with Crippen LogP contribution in [0, 0.1) is 31.0 Å². The normalized spacial score (nSPS) is 11.1. The van der Waals surface area contributed by atoms with Gasteiger partial charge in [-0.05, 0) is 55.7 Å². The first-order valence-electron chi connectivity index (χ1n) is 9.70. The second kappa shape index (κ2) is 10.4. The van der Waals surface area contributed by atoms with E-state index >= 15 is 0 Å². The van der Waals surface area contributed by atoms with Gasteiger partial charge in [0.2, 0.25) is 0 Å². The number of halogens is 1. The van der Waals surface area contributed by atoms with Crippen molar-refractivity contribution in [2.45, 2.75) is 40.3 Å². The summed E-state index contributed by atoms with van der Waals surface area (Å²) in [5.74, 6) is -1.70. The summed E-state index contributed by atoms with van der Waals surface area (Å²) in [5.41, 5.74) is 3.22. The van der Waals surface area contributed by atoms with E-state index in [0.29, 0.717) is 5.56 Å². The average molecular weight is 411 g/mol. The van der Waals surface area contributed by atoms with E-state index in [1.165, 1.54) is 30.2 Å². The smallest absolute Gasteiger partial charge is 0.349 e. The summed E-state index contributed by atoms with van der Waals surface area (Å²) in [6, 6.07) is 9.67. The topological polar surface area (TPSA) is 75.3 Å². The Kier molecular flexibility index (Phi) is 7.93. The quantitative estimate of drug-likeness (QED) is 0.377. The average Bonchev–Trinajstić information content (AvgIpc) is 2.97. The first-order valence-corrected chi connectivity index (χ1v) is 9.70. The first kappa shape index (κ1) is 22.9. The van der Waals surface area contributed by atoms with Gasteiger partial charge in [0.25, 0.3) is 5.91 Å². The summed E-state index contributed by atoms with van der Waals surface area (Å²) >= 11 is 0. The second-order valence-corrected chi connectivity index (χ2v) is 7.10. The highest BCUT2D eigenvalue weighted by molar-refractivity contribution is 5.99. The van der Waals surface area contributed by atoms with Gasteiger partial charge in [0, 0.05) is 31.5 Å². The number of benzene rings is 1. The van der Waals surface area contributed by atoms with Gasteiger partial charge in [-0.1, -0.05) is 19.1 Å². The van der Waals surface area contributed by atoms with Crippen molar-refractivity contribution < 1.29 is 18.7 Å². The molecule has 0 N–H and O–H groups in total. The maximum Gasteiger partial charge on any atom is 0.349 e. The number of ether oxygens (including phenoxy) is 1. The molecule has 0 saturated heterocycles. The number of nitrogens with zero attached hydrogens (tertiary/aromatic N) is 3. The molecule has 2 rings (SSSR count). The molecular formula is C23H26FN3O3. The lowest BCUT2D eigenvalue weighted by atomic mass is 10.1. The SMILES string of the molecule is CCCn1c(C)cc(/C=C(\C#N)C(=O)OCC(=O)N(C)Cc2cccc(F)c2)c1C. The Balaban J connectivity index is 2.01. The highest BCUT2D eigenvalue weighted by Crippen LogP contribution is 2.19. The zero-order chi connectivity index (χ0) is 22.3. The van der Waals surface area contributed by atoms with E-state index < -0.39 is 18.5 Å². The van der Waals surface area contributed by atoms with E-state index in [4.69, 9.17) is 4.74 Å². The third-order valence-corrected chi connectivity index (χ3v) is 4.76. The van der Waals surface area contributed by atoms with Crippen LogP contribution in [0.1, 0.15) is 35.9 Å². The summed E-state index contributed by atoms with van der Waals surface area (Å²) in [7, 11) is 1.53. The number of amides is 1. The molecule has 1 heterocycles. The summed E-state index contributed by atoms with van der Waals surface area (Å²) in [6.45, 7) is 6.51. The van der Waals surface area contributed by atoms with Crippen LogP contribution in [0.25, 0.3) is 6.08 Å². The lowest BCUT2D eigenvalue weighted by molar-refractivity contribution is -0.148. The van der Waals surface area contributed by atoms with Crippen molar-refractivity contribution in [3.63, 3.8) is 0 Å². The number of aryl methyl sites for hydroxylation is 1. The fraction of sp³-hybridized carbons (Fsp3) is 0.348. The molecule has 0 aliphatic carbocycles. The predicted octanol–water partition coefficient (Wildman–Crippen LogP) is 3.76. The number of aromatic nitrogens is 1. The molecule has 0 spiro atoms. The Morgan fingerprint density at radius 3 is 2.67 bits per heavy atom. The molecule has 0 saturated carbocycles. The Labute approximate surface area is 176 Å². The lowest BCUT2D eigenvalue weighted by Crippen LogP contribution is -2.31. The maximum absolute atomic E-state index is 13.3. The Hall–Kier alpha value is -3.40. The van der Waals surface area contributed by atoms with E-state index in [2.05, 4.69) is 11.5 Å². The van der Waals surface area contributed by atoms with Gasteiger partial charge in [-0.25, -0.2) is 9.18 Å². The van der Waals surface area contributed by atoms with Crippen molar-refractivity contribution in [3.05, 3.63) is 64.2 Å². The summed E-state index contributed by atoms with van der Waals surface area (Å²) in [6.07, 6.45) is 2.45. The molecule has 1 aromatic carbocycles. The number of carbonyl (C=O) groups is 2. The van der Waals surface area contributed by atoms with E-state index in [1.807, 2.05) is 26.0 Å². The summed E-state index contributed by atoms with van der Waals surface area (Å²) in [4.78, 5) is 25.9. The number of esters is 1. The lowest BCUT2D eigenvalue weighted by Gasteiger charge is -2.17. The van der Waals surface area contributed by atoms with Crippen LogP contribution >= 0.6 is 0 Å². The summed E-state index contributed by atoms with van der Waals surface area (Å²) in [5, 5.41) is 9.37. The number of nitriles is 1. The molecule has 0 atom stereocenters. The molecule has 30 heavy (non-hydrogen) atoms. The first-order chi connectivity index (χ1) is 14.3. The summed E-state index contributed by atoms with van der Waals surface area (Å²) < 4.78 is 20.4. The molecule has 1 aromatic heterocycles. The monoisotopic (exact) mass is 411 g/mol. The molecule has 0 fully saturated rings. The molecule has 1 amide bonds. The van der Waals surface area contributed by atoms with Gasteiger partial charge in [0.1, 0.15) is 17.5 Å². The van der Waals surface area contributed by atoms with Crippen LogP contribution in [-0.4, -0.2) is 35.0 Å². The van der Waals surface area contributed by atoms with E-state index in [0.717, 1.165) is 29.9 Å². The second-order valence-electron chi connectivity index (χ2n) is 7.10. The number of rotatable bonds is 8. The zero-order valence-corrected chi connectivity index (χ0v) is 17.7. The Morgan fingerprint density at radius 2 is 2.03 bits per heavy atom. The maximum atomic E-state index is 13.3. The minimum Gasteiger partial charge on any atom is -0.451 e. The number of hydrogen-bond donors (Lipinski definition) is 0. The van der Waals surface area contributed by atoms with Crippen LogP contribution < -0.4 is 0 Å². The predicted molar refractivity (Wildman–Crippen MR) is 112 cm³/mol. The van der Waals surface area contributed by atoms with Gasteiger partial charge in [0.15, 0.2) is 6.61 Å². The van der Waals surface area contributed by atoms with Gasteiger partial charge in [-0.3, -0.25) is 4.79 Å². The van der Waals surface area contributed by atoms with Crippen LogP contribution in [0.2, 0.25) is 0 Å². The van der Waals surface area contributed by atoms with E-state index in [1.54, 1.807) is 12.1 Å². The molecule has 0 unspecified atom stereocenters. The van der Waals surface area contributed by atoms with Crippen LogP contribution in [0.4, 0.5) is 4.39 Å². The van der Waals surface area contributed by atoms with Crippen molar-refractivity contribution in [2.75, 3.05) is 13.7 Å². The molecule has 0 radical (unpaired) electrons. The highest BCUT2D eigenvalue weighted by Gasteiger charge is 2.17. The van der Waals surface area contributed by atoms with Crippen molar-refractivity contribution in [3.8, 4) is 6.07 Å². The standard InChI is InChI=1S/C23H26FN3O3/c1-5-9-27-16(2)10-19(17(27)3)12-20(13-25)23(29)30-15-22(28)26(4)14-18-7-6-8-21(24)11-18/h6-8,10-12H,5,9,14-15H2,1-4H3/b20-12+. The minimum atomic E-state index is -0.856. The molecule has 7 heteroatoms. The zero-order valence-electron chi connectivity index (χ0n) is 17.7. The molecule has 0 aliphatic rings. The Morgan fingerprint density at radius 1 is 1.30 bits per heavy atom. The largest absolute Gasteiger partial charge is 0.451 e. The van der Waals surface area contributed by atoms with Crippen molar-refractivity contribution in [2.24, 2.45) is 0 Å². The number of hydrogen-bond acceptors (Lipinski definition) is 4. The number of carbonyl (C=O) groups excluding carboxylic acids is 2. The number of likely N-dealkylation sites (N-methyl/N-ethyl adjacent to an activating group) is 1. The highest BCUT2D eigenvalue weighted by atomic mass is 19.1. The van der Waals surface area contributed by atoms with Gasteiger partial charge >= 0.3 is 5.97 Å². The minimum absolute atomic E-state index is 0.174. The van der Waals surface area contributed by atoms with Crippen molar-refractivity contribution >= 4 is 18.0 Å².